The number of rotatable bonds is 6. The lowest BCUT2D eigenvalue weighted by atomic mass is 10.2. The van der Waals surface area contributed by atoms with Crippen molar-refractivity contribution in [2.24, 2.45) is 0 Å². The Morgan fingerprint density at radius 2 is 2.19 bits per heavy atom. The van der Waals surface area contributed by atoms with E-state index < -0.39 is 5.97 Å². The zero-order chi connectivity index (χ0) is 12.0. The summed E-state index contributed by atoms with van der Waals surface area (Å²) in [6.45, 7) is 0.490. The summed E-state index contributed by atoms with van der Waals surface area (Å²) < 4.78 is 0.989. The van der Waals surface area contributed by atoms with Crippen LogP contribution < -0.4 is 5.32 Å². The second kappa shape index (κ2) is 6.65. The van der Waals surface area contributed by atoms with E-state index in [9.17, 15) is 9.59 Å². The van der Waals surface area contributed by atoms with Gasteiger partial charge < -0.3 is 10.4 Å². The van der Waals surface area contributed by atoms with Gasteiger partial charge in [-0.25, -0.2) is 0 Å². The van der Waals surface area contributed by atoms with Gasteiger partial charge >= 0.3 is 5.97 Å². The first kappa shape index (κ1) is 13.2. The fourth-order valence-electron chi connectivity index (χ4n) is 1.12. The first-order chi connectivity index (χ1) is 7.59. The Hall–Kier alpha value is -0.880. The summed E-state index contributed by atoms with van der Waals surface area (Å²) in [5, 5.41) is 13.1. The van der Waals surface area contributed by atoms with Gasteiger partial charge in [-0.05, 0) is 33.8 Å². The fourth-order valence-corrected chi connectivity index (χ4v) is 2.55. The predicted octanol–water partition coefficient (Wildman–Crippen LogP) is 2.38. The van der Waals surface area contributed by atoms with Gasteiger partial charge in [0.2, 0.25) is 5.91 Å². The Balaban J connectivity index is 2.20. The number of carboxylic acid groups (broad SMARTS) is 1. The third-order valence-electron chi connectivity index (χ3n) is 1.93. The van der Waals surface area contributed by atoms with Gasteiger partial charge in [-0.2, -0.15) is 0 Å². The zero-order valence-corrected chi connectivity index (χ0v) is 10.9. The maximum atomic E-state index is 11.3. The van der Waals surface area contributed by atoms with Gasteiger partial charge in [-0.15, -0.1) is 11.3 Å². The molecule has 0 aliphatic heterocycles. The number of carboxylic acids is 1. The molecule has 1 heterocycles. The largest absolute Gasteiger partial charge is 0.481 e. The van der Waals surface area contributed by atoms with Crippen LogP contribution in [0, 0.1) is 0 Å². The van der Waals surface area contributed by atoms with Crippen LogP contribution in [0.2, 0.25) is 0 Å². The van der Waals surface area contributed by atoms with Gasteiger partial charge in [0.15, 0.2) is 0 Å². The van der Waals surface area contributed by atoms with Crippen LogP contribution in [0.15, 0.2) is 15.9 Å². The van der Waals surface area contributed by atoms with E-state index in [2.05, 4.69) is 21.2 Å². The van der Waals surface area contributed by atoms with Crippen molar-refractivity contribution in [2.45, 2.75) is 25.8 Å². The molecule has 0 aliphatic carbocycles. The Morgan fingerprint density at radius 1 is 1.44 bits per heavy atom. The normalized spacial score (nSPS) is 10.1. The predicted molar refractivity (Wildman–Crippen MR) is 65.4 cm³/mol. The average molecular weight is 306 g/mol. The molecule has 0 aliphatic rings. The highest BCUT2D eigenvalue weighted by Gasteiger charge is 2.05. The van der Waals surface area contributed by atoms with E-state index in [1.807, 2.05) is 11.4 Å². The molecule has 88 valence electrons. The lowest BCUT2D eigenvalue weighted by Crippen LogP contribution is -2.22. The molecule has 16 heavy (non-hydrogen) atoms. The van der Waals surface area contributed by atoms with Crippen molar-refractivity contribution in [3.05, 3.63) is 20.8 Å². The summed E-state index contributed by atoms with van der Waals surface area (Å²) in [6.07, 6.45) is 0.679. The average Bonchev–Trinajstić information content (AvgIpc) is 2.60. The molecule has 1 amide bonds. The van der Waals surface area contributed by atoms with Crippen molar-refractivity contribution >= 4 is 39.1 Å². The quantitative estimate of drug-likeness (QED) is 0.848. The lowest BCUT2D eigenvalue weighted by molar-refractivity contribution is -0.137. The molecule has 0 spiro atoms. The molecule has 1 aromatic rings. The molecule has 1 aromatic heterocycles. The number of hydrogen-bond acceptors (Lipinski definition) is 3. The van der Waals surface area contributed by atoms with Crippen molar-refractivity contribution in [1.82, 2.24) is 5.32 Å². The number of thiophene rings is 1. The van der Waals surface area contributed by atoms with Crippen LogP contribution in [-0.2, 0) is 16.1 Å². The van der Waals surface area contributed by atoms with Crippen LogP contribution in [0.4, 0.5) is 0 Å². The minimum Gasteiger partial charge on any atom is -0.481 e. The highest BCUT2D eigenvalue weighted by atomic mass is 79.9. The molecule has 0 aromatic carbocycles. The van der Waals surface area contributed by atoms with Gasteiger partial charge in [0.05, 0.1) is 6.54 Å². The van der Waals surface area contributed by atoms with E-state index in [0.717, 1.165) is 9.35 Å². The van der Waals surface area contributed by atoms with E-state index in [1.54, 1.807) is 11.3 Å². The molecule has 1 rings (SSSR count). The Labute approximate surface area is 106 Å². The van der Waals surface area contributed by atoms with Crippen molar-refractivity contribution in [1.29, 1.82) is 0 Å². The smallest absolute Gasteiger partial charge is 0.303 e. The molecule has 0 atom stereocenters. The molecule has 6 heteroatoms. The Bertz CT molecular complexity index is 378. The number of aliphatic carboxylic acids is 1. The van der Waals surface area contributed by atoms with Gasteiger partial charge in [-0.1, -0.05) is 0 Å². The molecule has 0 saturated carbocycles. The number of nitrogens with one attached hydrogen (secondary N) is 1. The molecule has 4 nitrogen and oxygen atoms in total. The maximum Gasteiger partial charge on any atom is 0.303 e. The van der Waals surface area contributed by atoms with Gasteiger partial charge in [0.1, 0.15) is 0 Å². The highest BCUT2D eigenvalue weighted by molar-refractivity contribution is 9.10. The van der Waals surface area contributed by atoms with Gasteiger partial charge in [0.25, 0.3) is 0 Å². The molecule has 2 N–H and O–H groups in total. The van der Waals surface area contributed by atoms with Crippen LogP contribution >= 0.6 is 27.3 Å². The lowest BCUT2D eigenvalue weighted by Gasteiger charge is -2.03. The molecule has 0 saturated heterocycles. The second-order valence-electron chi connectivity index (χ2n) is 3.22. The van der Waals surface area contributed by atoms with Crippen molar-refractivity contribution in [2.75, 3.05) is 0 Å². The fraction of sp³-hybridized carbons (Fsp3) is 0.400. The summed E-state index contributed by atoms with van der Waals surface area (Å²) >= 11 is 4.93. The van der Waals surface area contributed by atoms with Gasteiger partial charge in [0, 0.05) is 22.2 Å². The Morgan fingerprint density at radius 3 is 2.75 bits per heavy atom. The van der Waals surface area contributed by atoms with E-state index in [1.165, 1.54) is 0 Å². The van der Waals surface area contributed by atoms with E-state index in [4.69, 9.17) is 5.11 Å². The number of halogens is 1. The molecule has 0 radical (unpaired) electrons. The topological polar surface area (TPSA) is 66.4 Å². The molecule has 0 unspecified atom stereocenters. The summed E-state index contributed by atoms with van der Waals surface area (Å²) in [4.78, 5) is 22.6. The summed E-state index contributed by atoms with van der Waals surface area (Å²) in [5.41, 5.74) is 0. The van der Waals surface area contributed by atoms with Crippen LogP contribution in [0.3, 0.4) is 0 Å². The minimum absolute atomic E-state index is 0.0378. The van der Waals surface area contributed by atoms with E-state index in [-0.39, 0.29) is 18.7 Å². The third-order valence-corrected chi connectivity index (χ3v) is 3.86. The maximum absolute atomic E-state index is 11.3. The molecule has 0 fully saturated rings. The van der Waals surface area contributed by atoms with E-state index in [0.29, 0.717) is 13.0 Å². The summed E-state index contributed by atoms with van der Waals surface area (Å²) in [5.74, 6) is -0.977. The van der Waals surface area contributed by atoms with Crippen LogP contribution in [0.1, 0.15) is 24.1 Å². The standard InChI is InChI=1S/C10H12BrNO3S/c11-7-4-5-16-8(7)6-12-9(13)2-1-3-10(14)15/h4-5H,1-3,6H2,(H,12,13)(H,14,15). The van der Waals surface area contributed by atoms with E-state index >= 15 is 0 Å². The van der Waals surface area contributed by atoms with Crippen molar-refractivity contribution in [3.8, 4) is 0 Å². The highest BCUT2D eigenvalue weighted by Crippen LogP contribution is 2.22. The molecular weight excluding hydrogens is 294 g/mol. The molecular formula is C10H12BrNO3S. The zero-order valence-electron chi connectivity index (χ0n) is 8.53. The monoisotopic (exact) mass is 305 g/mol. The van der Waals surface area contributed by atoms with Gasteiger partial charge in [-0.3, -0.25) is 9.59 Å². The first-order valence-corrected chi connectivity index (χ1v) is 6.47. The SMILES string of the molecule is O=C(O)CCCC(=O)NCc1sccc1Br. The van der Waals surface area contributed by atoms with Crippen LogP contribution in [-0.4, -0.2) is 17.0 Å². The first-order valence-electron chi connectivity index (χ1n) is 4.80. The second-order valence-corrected chi connectivity index (χ2v) is 5.07. The summed E-state index contributed by atoms with van der Waals surface area (Å²) in [6, 6.07) is 1.93. The molecule has 0 bridgehead atoms. The van der Waals surface area contributed by atoms with Crippen LogP contribution in [0.5, 0.6) is 0 Å². The van der Waals surface area contributed by atoms with Crippen molar-refractivity contribution < 1.29 is 14.7 Å². The Kier molecular flexibility index (Phi) is 5.48. The number of carbonyl (C=O) groups is 2. The number of amides is 1. The third kappa shape index (κ3) is 4.76. The number of hydrogen-bond donors (Lipinski definition) is 2. The van der Waals surface area contributed by atoms with Crippen LogP contribution in [0.25, 0.3) is 0 Å². The number of carbonyl (C=O) groups excluding carboxylic acids is 1. The summed E-state index contributed by atoms with van der Waals surface area (Å²) in [7, 11) is 0. The minimum atomic E-state index is -0.867. The van der Waals surface area contributed by atoms with Crippen molar-refractivity contribution in [3.63, 3.8) is 0 Å².